The minimum atomic E-state index is -0.763. The molecule has 1 N–H and O–H groups in total. The summed E-state index contributed by atoms with van der Waals surface area (Å²) >= 11 is 0. The Labute approximate surface area is 181 Å². The van der Waals surface area contributed by atoms with Crippen molar-refractivity contribution in [2.75, 3.05) is 0 Å². The normalized spacial score (nSPS) is 24.3. The van der Waals surface area contributed by atoms with Gasteiger partial charge in [-0.15, -0.1) is 0 Å². The van der Waals surface area contributed by atoms with Gasteiger partial charge in [0.1, 0.15) is 0 Å². The first-order valence-electron chi connectivity index (χ1n) is 11.8. The van der Waals surface area contributed by atoms with E-state index in [1.165, 1.54) is 60.8 Å². The quantitative estimate of drug-likeness (QED) is 0.537. The Balaban J connectivity index is 1.37. The van der Waals surface area contributed by atoms with Crippen LogP contribution in [0.4, 0.5) is 0 Å². The number of rotatable bonds is 6. The van der Waals surface area contributed by atoms with Gasteiger partial charge in [-0.25, -0.2) is 4.79 Å². The van der Waals surface area contributed by atoms with Crippen molar-refractivity contribution in [1.82, 2.24) is 0 Å². The van der Waals surface area contributed by atoms with E-state index in [0.717, 1.165) is 24.7 Å². The molecular weight excluding hydrogens is 368 g/mol. The Morgan fingerprint density at radius 1 is 0.833 bits per heavy atom. The van der Waals surface area contributed by atoms with Gasteiger partial charge in [-0.3, -0.25) is 0 Å². The van der Waals surface area contributed by atoms with Crippen molar-refractivity contribution in [3.8, 4) is 11.1 Å². The third-order valence-electron chi connectivity index (χ3n) is 7.33. The zero-order valence-corrected chi connectivity index (χ0v) is 18.1. The average molecular weight is 403 g/mol. The van der Waals surface area contributed by atoms with Gasteiger partial charge in [0.15, 0.2) is 0 Å². The van der Waals surface area contributed by atoms with Gasteiger partial charge < -0.3 is 5.11 Å². The molecule has 1 fully saturated rings. The molecule has 0 radical (unpaired) electrons. The first-order valence-corrected chi connectivity index (χ1v) is 11.8. The van der Waals surface area contributed by atoms with Gasteiger partial charge in [-0.2, -0.15) is 0 Å². The predicted molar refractivity (Wildman–Crippen MR) is 124 cm³/mol. The first-order chi connectivity index (χ1) is 14.6. The summed E-state index contributed by atoms with van der Waals surface area (Å²) in [4.78, 5) is 11.1. The van der Waals surface area contributed by atoms with E-state index in [-0.39, 0.29) is 0 Å². The zero-order chi connectivity index (χ0) is 20.9. The highest BCUT2D eigenvalue weighted by molar-refractivity contribution is 5.86. The Bertz CT molecular complexity index is 868. The van der Waals surface area contributed by atoms with Crippen molar-refractivity contribution in [1.29, 1.82) is 0 Å². The Hall–Kier alpha value is -2.35. The summed E-state index contributed by atoms with van der Waals surface area (Å²) in [5.41, 5.74) is 5.94. The van der Waals surface area contributed by atoms with E-state index in [2.05, 4.69) is 55.5 Å². The molecule has 1 saturated carbocycles. The van der Waals surface area contributed by atoms with Crippen LogP contribution in [0.5, 0.6) is 0 Å². The maximum Gasteiger partial charge on any atom is 0.331 e. The summed E-state index contributed by atoms with van der Waals surface area (Å²) in [5.74, 6) is 1.37. The lowest BCUT2D eigenvalue weighted by Gasteiger charge is -2.28. The van der Waals surface area contributed by atoms with Crippen LogP contribution in [0, 0.1) is 5.92 Å². The monoisotopic (exact) mass is 402 g/mol. The third kappa shape index (κ3) is 4.86. The number of carboxylic acid groups (broad SMARTS) is 1. The molecule has 0 aromatic heterocycles. The van der Waals surface area contributed by atoms with Crippen molar-refractivity contribution in [2.45, 2.75) is 76.5 Å². The van der Waals surface area contributed by atoms with Crippen molar-refractivity contribution >= 4 is 5.97 Å². The molecule has 0 aliphatic heterocycles. The van der Waals surface area contributed by atoms with Crippen LogP contribution in [0.1, 0.15) is 87.7 Å². The van der Waals surface area contributed by atoms with E-state index in [9.17, 15) is 4.79 Å². The van der Waals surface area contributed by atoms with Crippen molar-refractivity contribution in [3.63, 3.8) is 0 Å². The standard InChI is InChI=1S/C28H34O2/c1-2-3-20-4-6-21(7-5-20)22-8-10-23(11-9-22)24-12-14-25(15-13-24)26-16-18-27(19-17-26)28(29)30/h8-15,18,20-21,26H,2-7,16-17,19H2,1H3,(H,29,30). The molecule has 0 amide bonds. The second kappa shape index (κ2) is 9.64. The molecule has 1 atom stereocenters. The molecule has 2 aromatic rings. The van der Waals surface area contributed by atoms with E-state index in [1.807, 2.05) is 6.08 Å². The minimum absolute atomic E-state index is 0.437. The number of hydrogen-bond acceptors (Lipinski definition) is 1. The molecule has 30 heavy (non-hydrogen) atoms. The molecule has 0 heterocycles. The van der Waals surface area contributed by atoms with Gasteiger partial charge in [0.05, 0.1) is 0 Å². The van der Waals surface area contributed by atoms with Crippen molar-refractivity contribution in [3.05, 3.63) is 71.3 Å². The van der Waals surface area contributed by atoms with Crippen LogP contribution in [0.15, 0.2) is 60.2 Å². The summed E-state index contributed by atoms with van der Waals surface area (Å²) < 4.78 is 0. The molecule has 0 bridgehead atoms. The maximum atomic E-state index is 11.1. The molecular formula is C28H34O2. The van der Waals surface area contributed by atoms with Gasteiger partial charge >= 0.3 is 5.97 Å². The molecule has 2 nitrogen and oxygen atoms in total. The Morgan fingerprint density at radius 2 is 1.40 bits per heavy atom. The molecule has 2 aliphatic rings. The number of allylic oxidation sites excluding steroid dienone is 1. The maximum absolute atomic E-state index is 11.1. The fourth-order valence-electron chi connectivity index (χ4n) is 5.42. The van der Waals surface area contributed by atoms with Gasteiger partial charge in [-0.05, 0) is 85.0 Å². The minimum Gasteiger partial charge on any atom is -0.478 e. The number of carboxylic acids is 1. The average Bonchev–Trinajstić information content (AvgIpc) is 2.80. The van der Waals surface area contributed by atoms with Crippen LogP contribution in [-0.2, 0) is 4.79 Å². The SMILES string of the molecule is CCCC1CCC(c2ccc(-c3ccc(C4CC=C(C(=O)O)CC4)cc3)cc2)CC1. The van der Waals surface area contributed by atoms with Crippen LogP contribution in [0.25, 0.3) is 11.1 Å². The van der Waals surface area contributed by atoms with Gasteiger partial charge in [0.25, 0.3) is 0 Å². The van der Waals surface area contributed by atoms with Crippen molar-refractivity contribution < 1.29 is 9.90 Å². The number of benzene rings is 2. The number of hydrogen-bond donors (Lipinski definition) is 1. The molecule has 158 valence electrons. The second-order valence-corrected chi connectivity index (χ2v) is 9.26. The van der Waals surface area contributed by atoms with Gasteiger partial charge in [-0.1, -0.05) is 74.4 Å². The lowest BCUT2D eigenvalue weighted by Crippen LogP contribution is -2.13. The number of aliphatic carboxylic acids is 1. The van der Waals surface area contributed by atoms with Gasteiger partial charge in [0.2, 0.25) is 0 Å². The highest BCUT2D eigenvalue weighted by atomic mass is 16.4. The largest absolute Gasteiger partial charge is 0.478 e. The number of carbonyl (C=O) groups is 1. The van der Waals surface area contributed by atoms with E-state index >= 15 is 0 Å². The second-order valence-electron chi connectivity index (χ2n) is 9.26. The lowest BCUT2D eigenvalue weighted by molar-refractivity contribution is -0.132. The molecule has 2 aromatic carbocycles. The fraction of sp³-hybridized carbons (Fsp3) is 0.464. The molecule has 0 spiro atoms. The van der Waals surface area contributed by atoms with Crippen LogP contribution in [0.3, 0.4) is 0 Å². The molecule has 2 heteroatoms. The summed E-state index contributed by atoms with van der Waals surface area (Å²) in [6.07, 6.45) is 12.5. The topological polar surface area (TPSA) is 37.3 Å². The van der Waals surface area contributed by atoms with E-state index in [1.54, 1.807) is 0 Å². The molecule has 4 rings (SSSR count). The van der Waals surface area contributed by atoms with Crippen molar-refractivity contribution in [2.24, 2.45) is 5.92 Å². The highest BCUT2D eigenvalue weighted by Gasteiger charge is 2.22. The predicted octanol–water partition coefficient (Wildman–Crippen LogP) is 7.71. The zero-order valence-electron chi connectivity index (χ0n) is 18.1. The summed E-state index contributed by atoms with van der Waals surface area (Å²) in [7, 11) is 0. The van der Waals surface area contributed by atoms with Gasteiger partial charge in [0, 0.05) is 5.57 Å². The van der Waals surface area contributed by atoms with E-state index in [4.69, 9.17) is 5.11 Å². The van der Waals surface area contributed by atoms with Crippen LogP contribution >= 0.6 is 0 Å². The molecule has 2 aliphatic carbocycles. The summed E-state index contributed by atoms with van der Waals surface area (Å²) in [6.45, 7) is 2.30. The molecule has 0 saturated heterocycles. The van der Waals surface area contributed by atoms with Crippen LogP contribution in [0.2, 0.25) is 0 Å². The Kier molecular flexibility index (Phi) is 6.72. The van der Waals surface area contributed by atoms with E-state index < -0.39 is 5.97 Å². The lowest BCUT2D eigenvalue weighted by atomic mass is 9.77. The summed E-state index contributed by atoms with van der Waals surface area (Å²) in [6, 6.07) is 18.1. The Morgan fingerprint density at radius 3 is 1.87 bits per heavy atom. The first kappa shape index (κ1) is 20.9. The molecule has 1 unspecified atom stereocenters. The smallest absolute Gasteiger partial charge is 0.331 e. The highest BCUT2D eigenvalue weighted by Crippen LogP contribution is 2.38. The third-order valence-corrected chi connectivity index (χ3v) is 7.33. The van der Waals surface area contributed by atoms with E-state index in [0.29, 0.717) is 17.9 Å². The summed E-state index contributed by atoms with van der Waals surface area (Å²) in [5, 5.41) is 9.13. The van der Waals surface area contributed by atoms with Crippen LogP contribution < -0.4 is 0 Å². The fourth-order valence-corrected chi connectivity index (χ4v) is 5.42. The van der Waals surface area contributed by atoms with Crippen LogP contribution in [-0.4, -0.2) is 11.1 Å².